The standard InChI is InChI=1S/C14H16N2O2/c1-4-10-6-11-8-15-12(9(3)18-5-2)7-13(11)16-14(10)17/h6-8H,3-5H2,1-2H3,(H,16,17). The Morgan fingerprint density at radius 2 is 2.22 bits per heavy atom. The lowest BCUT2D eigenvalue weighted by molar-refractivity contribution is 0.298. The molecule has 0 aliphatic carbocycles. The topological polar surface area (TPSA) is 55.0 Å². The molecule has 2 heterocycles. The second-order valence-electron chi connectivity index (χ2n) is 3.99. The lowest BCUT2D eigenvalue weighted by atomic mass is 10.1. The Bertz CT molecular complexity index is 644. The van der Waals surface area contributed by atoms with E-state index in [-0.39, 0.29) is 5.56 Å². The molecule has 0 unspecified atom stereocenters. The molecule has 0 saturated heterocycles. The Balaban J connectivity index is 2.52. The maximum atomic E-state index is 11.7. The first-order chi connectivity index (χ1) is 8.65. The van der Waals surface area contributed by atoms with E-state index < -0.39 is 0 Å². The number of ether oxygens (including phenoxy) is 1. The second-order valence-corrected chi connectivity index (χ2v) is 3.99. The van der Waals surface area contributed by atoms with Crippen LogP contribution in [-0.4, -0.2) is 16.6 Å². The number of hydrogen-bond acceptors (Lipinski definition) is 3. The molecule has 2 aromatic heterocycles. The van der Waals surface area contributed by atoms with Crippen molar-refractivity contribution in [3.05, 3.63) is 46.5 Å². The summed E-state index contributed by atoms with van der Waals surface area (Å²) in [7, 11) is 0. The summed E-state index contributed by atoms with van der Waals surface area (Å²) in [6.07, 6.45) is 2.43. The van der Waals surface area contributed by atoms with E-state index in [1.54, 1.807) is 12.3 Å². The molecule has 0 atom stereocenters. The van der Waals surface area contributed by atoms with E-state index in [1.807, 2.05) is 19.9 Å². The van der Waals surface area contributed by atoms with Gasteiger partial charge < -0.3 is 9.72 Å². The molecule has 0 spiro atoms. The molecule has 0 radical (unpaired) electrons. The average molecular weight is 244 g/mol. The predicted molar refractivity (Wildman–Crippen MR) is 72.4 cm³/mol. The molecule has 0 aliphatic heterocycles. The Morgan fingerprint density at radius 1 is 1.44 bits per heavy atom. The fourth-order valence-corrected chi connectivity index (χ4v) is 1.81. The summed E-state index contributed by atoms with van der Waals surface area (Å²) >= 11 is 0. The summed E-state index contributed by atoms with van der Waals surface area (Å²) in [5, 5.41) is 0.916. The minimum atomic E-state index is -0.0517. The van der Waals surface area contributed by atoms with E-state index >= 15 is 0 Å². The number of fused-ring (bicyclic) bond motifs is 1. The largest absolute Gasteiger partial charge is 0.492 e. The van der Waals surface area contributed by atoms with Crippen LogP contribution < -0.4 is 5.56 Å². The van der Waals surface area contributed by atoms with Crippen molar-refractivity contribution in [1.29, 1.82) is 0 Å². The van der Waals surface area contributed by atoms with Gasteiger partial charge >= 0.3 is 0 Å². The molecule has 94 valence electrons. The lowest BCUT2D eigenvalue weighted by Crippen LogP contribution is -2.11. The van der Waals surface area contributed by atoms with Gasteiger partial charge in [-0.25, -0.2) is 0 Å². The summed E-state index contributed by atoms with van der Waals surface area (Å²) in [5.41, 5.74) is 2.11. The van der Waals surface area contributed by atoms with Gasteiger partial charge in [0.1, 0.15) is 11.5 Å². The van der Waals surface area contributed by atoms with E-state index in [0.29, 0.717) is 24.5 Å². The fourth-order valence-electron chi connectivity index (χ4n) is 1.81. The van der Waals surface area contributed by atoms with E-state index in [4.69, 9.17) is 4.74 Å². The van der Waals surface area contributed by atoms with E-state index in [2.05, 4.69) is 16.5 Å². The van der Waals surface area contributed by atoms with Crippen molar-refractivity contribution in [3.8, 4) is 0 Å². The second kappa shape index (κ2) is 5.04. The zero-order chi connectivity index (χ0) is 13.1. The summed E-state index contributed by atoms with van der Waals surface area (Å²) in [5.74, 6) is 0.514. The van der Waals surface area contributed by atoms with Gasteiger partial charge in [0.05, 0.1) is 12.1 Å². The number of pyridine rings is 2. The molecule has 0 saturated carbocycles. The minimum Gasteiger partial charge on any atom is -0.492 e. The Hall–Kier alpha value is -2.10. The summed E-state index contributed by atoms with van der Waals surface area (Å²) in [6.45, 7) is 8.19. The maximum absolute atomic E-state index is 11.7. The van der Waals surface area contributed by atoms with Crippen molar-refractivity contribution in [1.82, 2.24) is 9.97 Å². The minimum absolute atomic E-state index is 0.0517. The quantitative estimate of drug-likeness (QED) is 0.841. The van der Waals surface area contributed by atoms with Gasteiger partial charge in [0.2, 0.25) is 0 Å². The van der Waals surface area contributed by atoms with E-state index in [0.717, 1.165) is 16.5 Å². The molecule has 2 aromatic rings. The Morgan fingerprint density at radius 3 is 2.89 bits per heavy atom. The number of H-pyrrole nitrogens is 1. The third kappa shape index (κ3) is 2.27. The summed E-state index contributed by atoms with van der Waals surface area (Å²) in [4.78, 5) is 18.9. The number of nitrogens with one attached hydrogen (secondary N) is 1. The molecule has 4 heteroatoms. The summed E-state index contributed by atoms with van der Waals surface area (Å²) < 4.78 is 5.30. The molecular weight excluding hydrogens is 228 g/mol. The molecule has 18 heavy (non-hydrogen) atoms. The van der Waals surface area contributed by atoms with Crippen LogP contribution in [0.3, 0.4) is 0 Å². The Labute approximate surface area is 105 Å². The molecule has 1 N–H and O–H groups in total. The van der Waals surface area contributed by atoms with Gasteiger partial charge in [-0.15, -0.1) is 0 Å². The van der Waals surface area contributed by atoms with Crippen molar-refractivity contribution >= 4 is 16.7 Å². The van der Waals surface area contributed by atoms with Gasteiger partial charge in [-0.1, -0.05) is 13.5 Å². The fraction of sp³-hybridized carbons (Fsp3) is 0.286. The monoisotopic (exact) mass is 244 g/mol. The normalized spacial score (nSPS) is 10.6. The van der Waals surface area contributed by atoms with Gasteiger partial charge in [0.15, 0.2) is 0 Å². The third-order valence-electron chi connectivity index (χ3n) is 2.79. The van der Waals surface area contributed by atoms with Crippen LogP contribution in [0.25, 0.3) is 16.7 Å². The van der Waals surface area contributed by atoms with Crippen LogP contribution >= 0.6 is 0 Å². The van der Waals surface area contributed by atoms with Gasteiger partial charge in [0, 0.05) is 17.1 Å². The first-order valence-electron chi connectivity index (χ1n) is 5.99. The molecule has 0 bridgehead atoms. The van der Waals surface area contributed by atoms with Crippen LogP contribution in [0.2, 0.25) is 0 Å². The third-order valence-corrected chi connectivity index (χ3v) is 2.79. The van der Waals surface area contributed by atoms with Gasteiger partial charge in [-0.3, -0.25) is 9.78 Å². The number of aromatic nitrogens is 2. The highest BCUT2D eigenvalue weighted by Gasteiger charge is 2.05. The van der Waals surface area contributed by atoms with Crippen molar-refractivity contribution in [2.24, 2.45) is 0 Å². The van der Waals surface area contributed by atoms with Crippen molar-refractivity contribution < 1.29 is 4.74 Å². The molecule has 0 fully saturated rings. The van der Waals surface area contributed by atoms with Crippen molar-refractivity contribution in [2.75, 3.05) is 6.61 Å². The first kappa shape index (κ1) is 12.4. The van der Waals surface area contributed by atoms with E-state index in [1.165, 1.54) is 0 Å². The van der Waals surface area contributed by atoms with Crippen LogP contribution in [0.5, 0.6) is 0 Å². The average Bonchev–Trinajstić information content (AvgIpc) is 2.37. The smallest absolute Gasteiger partial charge is 0.251 e. The molecule has 0 aliphatic rings. The van der Waals surface area contributed by atoms with Gasteiger partial charge in [-0.2, -0.15) is 0 Å². The zero-order valence-electron chi connectivity index (χ0n) is 10.6. The van der Waals surface area contributed by atoms with Crippen LogP contribution in [-0.2, 0) is 11.2 Å². The van der Waals surface area contributed by atoms with Crippen molar-refractivity contribution in [3.63, 3.8) is 0 Å². The maximum Gasteiger partial charge on any atom is 0.251 e. The van der Waals surface area contributed by atoms with Crippen LogP contribution in [0.1, 0.15) is 25.1 Å². The molecular formula is C14H16N2O2. The highest BCUT2D eigenvalue weighted by atomic mass is 16.5. The number of aryl methyl sites for hydroxylation is 1. The zero-order valence-corrected chi connectivity index (χ0v) is 10.6. The van der Waals surface area contributed by atoms with Gasteiger partial charge in [0.25, 0.3) is 5.56 Å². The number of nitrogens with zero attached hydrogens (tertiary/aromatic N) is 1. The van der Waals surface area contributed by atoms with E-state index in [9.17, 15) is 4.79 Å². The van der Waals surface area contributed by atoms with Crippen LogP contribution in [0, 0.1) is 0 Å². The highest BCUT2D eigenvalue weighted by molar-refractivity contribution is 5.80. The molecule has 2 rings (SSSR count). The predicted octanol–water partition coefficient (Wildman–Crippen LogP) is 2.49. The number of aromatic amines is 1. The summed E-state index contributed by atoms with van der Waals surface area (Å²) in [6, 6.07) is 3.66. The van der Waals surface area contributed by atoms with Crippen molar-refractivity contribution in [2.45, 2.75) is 20.3 Å². The van der Waals surface area contributed by atoms with Crippen LogP contribution in [0.4, 0.5) is 0 Å². The lowest BCUT2D eigenvalue weighted by Gasteiger charge is -2.07. The van der Waals surface area contributed by atoms with Gasteiger partial charge in [-0.05, 0) is 25.5 Å². The SMILES string of the molecule is C=C(OCC)c1cc2[nH]c(=O)c(CC)cc2cn1. The Kier molecular flexibility index (Phi) is 3.46. The number of hydrogen-bond donors (Lipinski definition) is 1. The molecule has 4 nitrogen and oxygen atoms in total. The highest BCUT2D eigenvalue weighted by Crippen LogP contribution is 2.16. The van der Waals surface area contributed by atoms with Crippen LogP contribution in [0.15, 0.2) is 29.7 Å². The molecule has 0 amide bonds. The number of rotatable bonds is 4. The molecule has 0 aromatic carbocycles. The first-order valence-corrected chi connectivity index (χ1v) is 5.99.